The highest BCUT2D eigenvalue weighted by molar-refractivity contribution is 5.97. The van der Waals surface area contributed by atoms with Crippen molar-refractivity contribution >= 4 is 11.6 Å². The monoisotopic (exact) mass is 232 g/mol. The summed E-state index contributed by atoms with van der Waals surface area (Å²) in [7, 11) is 0. The minimum atomic E-state index is 0.00969. The zero-order valence-electron chi connectivity index (χ0n) is 10.6. The summed E-state index contributed by atoms with van der Waals surface area (Å²) in [5.41, 5.74) is 2.19. The number of anilines is 1. The molecule has 0 unspecified atom stereocenters. The number of aryl methyl sites for hydroxylation is 1. The van der Waals surface area contributed by atoms with Crippen molar-refractivity contribution < 1.29 is 4.79 Å². The summed E-state index contributed by atoms with van der Waals surface area (Å²) in [5, 5.41) is 3.26. The van der Waals surface area contributed by atoms with Crippen molar-refractivity contribution in [2.45, 2.75) is 32.7 Å². The molecule has 1 atom stereocenters. The number of nitrogens with one attached hydrogen (secondary N) is 1. The second-order valence-corrected chi connectivity index (χ2v) is 4.57. The fraction of sp³-hybridized carbons (Fsp3) is 0.500. The molecule has 1 amide bonds. The molecule has 0 saturated carbocycles. The van der Waals surface area contributed by atoms with Crippen LogP contribution in [0, 0.1) is 6.92 Å². The topological polar surface area (TPSA) is 32.3 Å². The van der Waals surface area contributed by atoms with Crippen LogP contribution in [0.5, 0.6) is 0 Å². The maximum atomic E-state index is 12.4. The second kappa shape index (κ2) is 5.32. The first-order chi connectivity index (χ1) is 8.22. The van der Waals surface area contributed by atoms with E-state index in [2.05, 4.69) is 24.4 Å². The van der Waals surface area contributed by atoms with E-state index in [1.165, 1.54) is 5.56 Å². The lowest BCUT2D eigenvalue weighted by Crippen LogP contribution is -2.43. The molecule has 2 rings (SSSR count). The molecular formula is C14H20N2O. The Hall–Kier alpha value is -1.35. The maximum Gasteiger partial charge on any atom is 0.244 e. The molecule has 0 radical (unpaired) electrons. The molecule has 1 aromatic carbocycles. The first-order valence-electron chi connectivity index (χ1n) is 6.34. The van der Waals surface area contributed by atoms with Gasteiger partial charge in [-0.05, 0) is 50.9 Å². The van der Waals surface area contributed by atoms with Crippen molar-refractivity contribution in [3.63, 3.8) is 0 Å². The van der Waals surface area contributed by atoms with Gasteiger partial charge in [-0.2, -0.15) is 0 Å². The zero-order valence-corrected chi connectivity index (χ0v) is 10.6. The molecule has 1 aromatic rings. The van der Waals surface area contributed by atoms with Crippen LogP contribution < -0.4 is 10.2 Å². The van der Waals surface area contributed by atoms with E-state index in [0.29, 0.717) is 0 Å². The molecule has 1 fully saturated rings. The number of hydrogen-bond acceptors (Lipinski definition) is 2. The van der Waals surface area contributed by atoms with E-state index < -0.39 is 0 Å². The van der Waals surface area contributed by atoms with Gasteiger partial charge in [-0.1, -0.05) is 12.1 Å². The summed E-state index contributed by atoms with van der Waals surface area (Å²) in [6.07, 6.45) is 2.06. The lowest BCUT2D eigenvalue weighted by molar-refractivity contribution is -0.120. The maximum absolute atomic E-state index is 12.4. The zero-order chi connectivity index (χ0) is 12.3. The van der Waals surface area contributed by atoms with Crippen molar-refractivity contribution in [3.8, 4) is 0 Å². The van der Waals surface area contributed by atoms with Crippen molar-refractivity contribution in [2.75, 3.05) is 18.0 Å². The Kier molecular flexibility index (Phi) is 3.79. The number of likely N-dealkylation sites (N-methyl/N-ethyl adjacent to an activating group) is 1. The molecule has 1 N–H and O–H groups in total. The van der Waals surface area contributed by atoms with E-state index in [1.54, 1.807) is 0 Å². The lowest BCUT2D eigenvalue weighted by Gasteiger charge is -2.24. The van der Waals surface area contributed by atoms with Crippen molar-refractivity contribution in [3.05, 3.63) is 29.8 Å². The van der Waals surface area contributed by atoms with Crippen molar-refractivity contribution in [1.29, 1.82) is 0 Å². The highest BCUT2D eigenvalue weighted by Crippen LogP contribution is 2.18. The Morgan fingerprint density at radius 3 is 2.94 bits per heavy atom. The van der Waals surface area contributed by atoms with Gasteiger partial charge in [0.15, 0.2) is 0 Å². The van der Waals surface area contributed by atoms with E-state index >= 15 is 0 Å². The number of benzene rings is 1. The van der Waals surface area contributed by atoms with Crippen LogP contribution in [0.15, 0.2) is 24.3 Å². The van der Waals surface area contributed by atoms with Gasteiger partial charge in [-0.3, -0.25) is 4.79 Å². The summed E-state index contributed by atoms with van der Waals surface area (Å²) in [5.74, 6) is 0.204. The van der Waals surface area contributed by atoms with Crippen LogP contribution in [-0.4, -0.2) is 25.0 Å². The first kappa shape index (κ1) is 12.1. The second-order valence-electron chi connectivity index (χ2n) is 4.57. The largest absolute Gasteiger partial charge is 0.311 e. The van der Waals surface area contributed by atoms with E-state index in [9.17, 15) is 4.79 Å². The number of carbonyl (C=O) groups excluding carboxylic acids is 1. The Morgan fingerprint density at radius 2 is 2.35 bits per heavy atom. The molecule has 0 bridgehead atoms. The minimum absolute atomic E-state index is 0.00969. The molecular weight excluding hydrogens is 212 g/mol. The third kappa shape index (κ3) is 2.67. The summed E-state index contributed by atoms with van der Waals surface area (Å²) < 4.78 is 0. The van der Waals surface area contributed by atoms with Crippen LogP contribution in [0.2, 0.25) is 0 Å². The number of hydrogen-bond donors (Lipinski definition) is 1. The number of rotatable bonds is 3. The Balaban J connectivity index is 2.17. The third-order valence-corrected chi connectivity index (χ3v) is 3.25. The normalized spacial score (nSPS) is 19.3. The summed E-state index contributed by atoms with van der Waals surface area (Å²) in [4.78, 5) is 14.2. The molecule has 1 aliphatic rings. The summed E-state index contributed by atoms with van der Waals surface area (Å²) >= 11 is 0. The third-order valence-electron chi connectivity index (χ3n) is 3.25. The summed E-state index contributed by atoms with van der Waals surface area (Å²) in [6, 6.07) is 8.13. The van der Waals surface area contributed by atoms with Gasteiger partial charge in [0, 0.05) is 12.2 Å². The van der Waals surface area contributed by atoms with Gasteiger partial charge >= 0.3 is 0 Å². The molecule has 1 heterocycles. The van der Waals surface area contributed by atoms with Crippen LogP contribution in [0.25, 0.3) is 0 Å². The van der Waals surface area contributed by atoms with Gasteiger partial charge in [0.25, 0.3) is 0 Å². The van der Waals surface area contributed by atoms with E-state index in [0.717, 1.165) is 31.6 Å². The van der Waals surface area contributed by atoms with Crippen LogP contribution in [-0.2, 0) is 4.79 Å². The van der Waals surface area contributed by atoms with Gasteiger partial charge in [0.05, 0.1) is 6.04 Å². The molecule has 3 nitrogen and oxygen atoms in total. The van der Waals surface area contributed by atoms with Crippen LogP contribution >= 0.6 is 0 Å². The molecule has 92 valence electrons. The lowest BCUT2D eigenvalue weighted by atomic mass is 10.1. The Labute approximate surface area is 103 Å². The van der Waals surface area contributed by atoms with Gasteiger partial charge in [-0.15, -0.1) is 0 Å². The Bertz CT molecular complexity index is 397. The SMILES string of the molecule is CCN(C(=O)[C@@H]1CCCN1)c1cccc(C)c1. The highest BCUT2D eigenvalue weighted by Gasteiger charge is 2.26. The molecule has 17 heavy (non-hydrogen) atoms. The van der Waals surface area contributed by atoms with Crippen LogP contribution in [0.1, 0.15) is 25.3 Å². The molecule has 0 aromatic heterocycles. The molecule has 1 aliphatic heterocycles. The van der Waals surface area contributed by atoms with Crippen molar-refractivity contribution in [1.82, 2.24) is 5.32 Å². The summed E-state index contributed by atoms with van der Waals surface area (Å²) in [6.45, 7) is 5.76. The van der Waals surface area contributed by atoms with Gasteiger partial charge in [0.1, 0.15) is 0 Å². The van der Waals surface area contributed by atoms with E-state index in [-0.39, 0.29) is 11.9 Å². The number of carbonyl (C=O) groups is 1. The molecule has 3 heteroatoms. The average Bonchev–Trinajstić information content (AvgIpc) is 2.83. The average molecular weight is 232 g/mol. The highest BCUT2D eigenvalue weighted by atomic mass is 16.2. The number of nitrogens with zero attached hydrogens (tertiary/aromatic N) is 1. The molecule has 0 aliphatic carbocycles. The minimum Gasteiger partial charge on any atom is -0.311 e. The fourth-order valence-corrected chi connectivity index (χ4v) is 2.34. The predicted molar refractivity (Wildman–Crippen MR) is 70.2 cm³/mol. The fourth-order valence-electron chi connectivity index (χ4n) is 2.34. The van der Waals surface area contributed by atoms with Gasteiger partial charge < -0.3 is 10.2 Å². The van der Waals surface area contributed by atoms with Gasteiger partial charge in [-0.25, -0.2) is 0 Å². The van der Waals surface area contributed by atoms with Crippen LogP contribution in [0.4, 0.5) is 5.69 Å². The van der Waals surface area contributed by atoms with Gasteiger partial charge in [0.2, 0.25) is 5.91 Å². The first-order valence-corrected chi connectivity index (χ1v) is 6.34. The molecule has 0 spiro atoms. The van der Waals surface area contributed by atoms with E-state index in [1.807, 2.05) is 24.0 Å². The quantitative estimate of drug-likeness (QED) is 0.865. The predicted octanol–water partition coefficient (Wildman–Crippen LogP) is 2.10. The molecule has 1 saturated heterocycles. The standard InChI is InChI=1S/C14H20N2O/c1-3-16(12-7-4-6-11(2)10-12)14(17)13-8-5-9-15-13/h4,6-7,10,13,15H,3,5,8-9H2,1-2H3/t13-/m0/s1. The van der Waals surface area contributed by atoms with E-state index in [4.69, 9.17) is 0 Å². The number of amides is 1. The smallest absolute Gasteiger partial charge is 0.244 e. The van der Waals surface area contributed by atoms with Crippen molar-refractivity contribution in [2.24, 2.45) is 0 Å². The Morgan fingerprint density at radius 1 is 1.53 bits per heavy atom. The van der Waals surface area contributed by atoms with Crippen LogP contribution in [0.3, 0.4) is 0 Å².